The maximum atomic E-state index is 11.4. The fourth-order valence-electron chi connectivity index (χ4n) is 5.04. The third kappa shape index (κ3) is 4.81. The van der Waals surface area contributed by atoms with Crippen LogP contribution in [0.5, 0.6) is 17.4 Å². The monoisotopic (exact) mass is 466 g/mol. The van der Waals surface area contributed by atoms with Crippen molar-refractivity contribution >= 4 is 16.5 Å². The lowest BCUT2D eigenvalue weighted by molar-refractivity contribution is 0.271. The molecule has 0 bridgehead atoms. The highest BCUT2D eigenvalue weighted by atomic mass is 16.5. The second-order valence-electron chi connectivity index (χ2n) is 8.90. The van der Waals surface area contributed by atoms with E-state index in [1.54, 1.807) is 14.2 Å². The number of hydrogen-bond acceptors (Lipinski definition) is 6. The number of fused-ring (bicyclic) bond motifs is 1. The van der Waals surface area contributed by atoms with Gasteiger partial charge in [-0.1, -0.05) is 19.1 Å². The van der Waals surface area contributed by atoms with E-state index in [1.165, 1.54) is 5.69 Å². The highest BCUT2D eigenvalue weighted by Crippen LogP contribution is 2.40. The van der Waals surface area contributed by atoms with E-state index < -0.39 is 0 Å². The summed E-state index contributed by atoms with van der Waals surface area (Å²) in [5.41, 5.74) is 2.28. The SMILES string of the molecule is CCN1CCN(c2cccc3c(O)n([C@H](CCCNC)c4ccc(OC)c(OC)c4)cc23)CC1. The van der Waals surface area contributed by atoms with Crippen LogP contribution in [0, 0.1) is 0 Å². The highest BCUT2D eigenvalue weighted by molar-refractivity contribution is 5.98. The first kappa shape index (κ1) is 24.2. The summed E-state index contributed by atoms with van der Waals surface area (Å²) in [6.07, 6.45) is 4.00. The van der Waals surface area contributed by atoms with E-state index in [0.717, 1.165) is 68.4 Å². The first-order valence-electron chi connectivity index (χ1n) is 12.3. The molecule has 0 unspecified atom stereocenters. The number of nitrogens with one attached hydrogen (secondary N) is 1. The van der Waals surface area contributed by atoms with E-state index in [9.17, 15) is 5.11 Å². The minimum absolute atomic E-state index is 0.0228. The van der Waals surface area contributed by atoms with Gasteiger partial charge in [0.05, 0.1) is 20.3 Å². The molecule has 1 atom stereocenters. The summed E-state index contributed by atoms with van der Waals surface area (Å²) in [4.78, 5) is 4.93. The Morgan fingerprint density at radius 3 is 2.44 bits per heavy atom. The molecule has 0 spiro atoms. The lowest BCUT2D eigenvalue weighted by Crippen LogP contribution is -2.46. The number of piperazine rings is 1. The summed E-state index contributed by atoms with van der Waals surface area (Å²) in [6.45, 7) is 8.36. The Morgan fingerprint density at radius 1 is 1.00 bits per heavy atom. The Balaban J connectivity index is 1.74. The molecule has 7 heteroatoms. The number of likely N-dealkylation sites (N-methyl/N-ethyl adjacent to an activating group) is 1. The van der Waals surface area contributed by atoms with E-state index in [1.807, 2.05) is 29.8 Å². The first-order chi connectivity index (χ1) is 16.6. The van der Waals surface area contributed by atoms with Crippen molar-refractivity contribution in [1.29, 1.82) is 0 Å². The number of hydrogen-bond donors (Lipinski definition) is 2. The van der Waals surface area contributed by atoms with Gasteiger partial charge in [-0.25, -0.2) is 0 Å². The minimum Gasteiger partial charge on any atom is -0.494 e. The van der Waals surface area contributed by atoms with Gasteiger partial charge >= 0.3 is 0 Å². The predicted octanol–water partition coefficient (Wildman–Crippen LogP) is 4.10. The zero-order valence-electron chi connectivity index (χ0n) is 20.9. The fraction of sp³-hybridized carbons (Fsp3) is 0.481. The van der Waals surface area contributed by atoms with Gasteiger partial charge in [0.25, 0.3) is 0 Å². The molecule has 0 aliphatic carbocycles. The molecule has 2 heterocycles. The average molecular weight is 467 g/mol. The van der Waals surface area contributed by atoms with Gasteiger partial charge in [-0.3, -0.25) is 0 Å². The van der Waals surface area contributed by atoms with Gasteiger partial charge in [0.15, 0.2) is 17.4 Å². The van der Waals surface area contributed by atoms with E-state index in [4.69, 9.17) is 9.47 Å². The topological polar surface area (TPSA) is 62.1 Å². The van der Waals surface area contributed by atoms with Gasteiger partial charge in [0.2, 0.25) is 0 Å². The fourth-order valence-corrected chi connectivity index (χ4v) is 5.04. The normalized spacial score (nSPS) is 15.6. The molecule has 1 aliphatic heterocycles. The molecule has 0 saturated carbocycles. The molecule has 0 radical (unpaired) electrons. The van der Waals surface area contributed by atoms with Gasteiger partial charge in [-0.2, -0.15) is 0 Å². The van der Waals surface area contributed by atoms with Crippen LogP contribution in [0.2, 0.25) is 0 Å². The number of aromatic nitrogens is 1. The van der Waals surface area contributed by atoms with Gasteiger partial charge in [0.1, 0.15) is 0 Å². The number of nitrogens with zero attached hydrogens (tertiary/aromatic N) is 3. The van der Waals surface area contributed by atoms with Crippen LogP contribution in [-0.2, 0) is 0 Å². The third-order valence-electron chi connectivity index (χ3n) is 7.03. The van der Waals surface area contributed by atoms with Crippen molar-refractivity contribution in [3.63, 3.8) is 0 Å². The van der Waals surface area contributed by atoms with E-state index in [0.29, 0.717) is 17.4 Å². The average Bonchev–Trinajstić information content (AvgIpc) is 3.22. The number of ether oxygens (including phenoxy) is 2. The van der Waals surface area contributed by atoms with Crippen LogP contribution in [0.3, 0.4) is 0 Å². The van der Waals surface area contributed by atoms with E-state index in [2.05, 4.69) is 46.4 Å². The van der Waals surface area contributed by atoms with Gasteiger partial charge < -0.3 is 34.3 Å². The summed E-state index contributed by atoms with van der Waals surface area (Å²) in [6, 6.07) is 12.3. The Bertz CT molecular complexity index is 1090. The van der Waals surface area contributed by atoms with Crippen LogP contribution in [0.25, 0.3) is 10.8 Å². The van der Waals surface area contributed by atoms with Crippen molar-refractivity contribution in [1.82, 2.24) is 14.8 Å². The molecule has 3 aromatic rings. The standard InChI is InChI=1S/C27H38N4O3/c1-5-29-14-16-30(17-15-29)24-9-6-8-21-22(24)19-31(27(21)32)23(10-7-13-28-2)20-11-12-25(33-3)26(18-20)34-4/h6,8-9,11-12,18-19,23,28,32H,5,7,10,13-17H2,1-4H3/t23-/m1/s1. The number of aromatic hydroxyl groups is 1. The maximum absolute atomic E-state index is 11.4. The molecule has 1 aliphatic rings. The van der Waals surface area contributed by atoms with Crippen molar-refractivity contribution in [3.05, 3.63) is 48.2 Å². The molecule has 7 nitrogen and oxygen atoms in total. The van der Waals surface area contributed by atoms with E-state index in [-0.39, 0.29) is 6.04 Å². The van der Waals surface area contributed by atoms with Gasteiger partial charge in [-0.15, -0.1) is 0 Å². The van der Waals surface area contributed by atoms with Crippen LogP contribution in [0.1, 0.15) is 31.4 Å². The van der Waals surface area contributed by atoms with Crippen molar-refractivity contribution in [2.45, 2.75) is 25.8 Å². The van der Waals surface area contributed by atoms with Gasteiger partial charge in [0, 0.05) is 48.8 Å². The zero-order valence-corrected chi connectivity index (χ0v) is 20.9. The number of rotatable bonds is 10. The van der Waals surface area contributed by atoms with Crippen molar-refractivity contribution in [2.75, 3.05) is 65.4 Å². The first-order valence-corrected chi connectivity index (χ1v) is 12.3. The molecule has 0 amide bonds. The third-order valence-corrected chi connectivity index (χ3v) is 7.03. The summed E-state index contributed by atoms with van der Waals surface area (Å²) >= 11 is 0. The quantitative estimate of drug-likeness (QED) is 0.439. The summed E-state index contributed by atoms with van der Waals surface area (Å²) in [5.74, 6) is 1.72. The van der Waals surface area contributed by atoms with Crippen LogP contribution in [0.4, 0.5) is 5.69 Å². The zero-order chi connectivity index (χ0) is 24.1. The molecular formula is C27H38N4O3. The Morgan fingerprint density at radius 2 is 1.76 bits per heavy atom. The number of anilines is 1. The summed E-state index contributed by atoms with van der Waals surface area (Å²) in [7, 11) is 5.27. The number of methoxy groups -OCH3 is 2. The van der Waals surface area contributed by atoms with Gasteiger partial charge in [-0.05, 0) is 62.8 Å². The molecule has 1 saturated heterocycles. The van der Waals surface area contributed by atoms with Crippen molar-refractivity contribution in [2.24, 2.45) is 0 Å². The molecule has 1 fully saturated rings. The Kier molecular flexibility index (Phi) is 7.85. The largest absolute Gasteiger partial charge is 0.494 e. The van der Waals surface area contributed by atoms with Crippen molar-refractivity contribution < 1.29 is 14.6 Å². The van der Waals surface area contributed by atoms with Crippen LogP contribution in [-0.4, -0.2) is 75.1 Å². The van der Waals surface area contributed by atoms with Crippen LogP contribution < -0.4 is 19.7 Å². The smallest absolute Gasteiger partial charge is 0.199 e. The van der Waals surface area contributed by atoms with Crippen LogP contribution in [0.15, 0.2) is 42.6 Å². The predicted molar refractivity (Wildman–Crippen MR) is 139 cm³/mol. The highest BCUT2D eigenvalue weighted by Gasteiger charge is 2.24. The minimum atomic E-state index is -0.0228. The lowest BCUT2D eigenvalue weighted by atomic mass is 10.0. The second kappa shape index (κ2) is 11.0. The Hall–Kier alpha value is -2.90. The lowest BCUT2D eigenvalue weighted by Gasteiger charge is -2.35. The molecule has 1 aromatic heterocycles. The summed E-state index contributed by atoms with van der Waals surface area (Å²) < 4.78 is 13.1. The molecule has 34 heavy (non-hydrogen) atoms. The molecule has 2 N–H and O–H groups in total. The van der Waals surface area contributed by atoms with Crippen LogP contribution >= 0.6 is 0 Å². The van der Waals surface area contributed by atoms with E-state index >= 15 is 0 Å². The number of benzene rings is 2. The Labute approximate surface area is 202 Å². The maximum Gasteiger partial charge on any atom is 0.199 e. The molecule has 2 aromatic carbocycles. The second-order valence-corrected chi connectivity index (χ2v) is 8.90. The molecular weight excluding hydrogens is 428 g/mol. The molecule has 4 rings (SSSR count). The van der Waals surface area contributed by atoms with Crippen molar-refractivity contribution in [3.8, 4) is 17.4 Å². The molecule has 184 valence electrons. The summed E-state index contributed by atoms with van der Waals surface area (Å²) in [5, 5.41) is 16.6.